The number of unbranched alkanes of at least 4 members (excludes halogenated alkanes) is 6. The van der Waals surface area contributed by atoms with Gasteiger partial charge in [0.15, 0.2) is 0 Å². The zero-order valence-corrected chi connectivity index (χ0v) is 23.6. The predicted octanol–water partition coefficient (Wildman–Crippen LogP) is 8.15. The van der Waals surface area contributed by atoms with Gasteiger partial charge in [-0.25, -0.2) is 0 Å². The third kappa shape index (κ3) is 7.90. The van der Waals surface area contributed by atoms with E-state index in [4.69, 9.17) is 4.74 Å². The van der Waals surface area contributed by atoms with Crippen molar-refractivity contribution in [3.8, 4) is 29.1 Å². The molecule has 4 nitrogen and oxygen atoms in total. The number of benzene rings is 3. The van der Waals surface area contributed by atoms with Gasteiger partial charge in [0.1, 0.15) is 23.4 Å². The highest BCUT2D eigenvalue weighted by molar-refractivity contribution is 5.95. The summed E-state index contributed by atoms with van der Waals surface area (Å²) < 4.78 is 18.6. The zero-order valence-electron chi connectivity index (χ0n) is 23.6. The highest BCUT2D eigenvalue weighted by atomic mass is 19.1. The molecule has 0 saturated carbocycles. The maximum absolute atomic E-state index is 12.1. The minimum absolute atomic E-state index is 0.186. The molecule has 40 heavy (non-hydrogen) atoms. The van der Waals surface area contributed by atoms with Gasteiger partial charge >= 0.3 is 0 Å². The molecule has 4 rings (SSSR count). The maximum atomic E-state index is 12.1. The molecule has 0 spiro atoms. The molecule has 3 aromatic rings. The van der Waals surface area contributed by atoms with Crippen molar-refractivity contribution in [3.05, 3.63) is 89.0 Å². The molecule has 1 aliphatic heterocycles. The van der Waals surface area contributed by atoms with E-state index in [1.54, 1.807) is 30.3 Å². The smallest absolute Gasteiger partial charge is 0.150 e. The molecule has 210 valence electrons. The number of hydrogen-bond donors (Lipinski definition) is 2. The first-order chi connectivity index (χ1) is 19.5. The van der Waals surface area contributed by atoms with Gasteiger partial charge < -0.3 is 14.9 Å². The second kappa shape index (κ2) is 14.6. The lowest BCUT2D eigenvalue weighted by atomic mass is 9.86. The lowest BCUT2D eigenvalue weighted by Crippen LogP contribution is -2.19. The summed E-state index contributed by atoms with van der Waals surface area (Å²) in [5.41, 5.74) is 5.61. The number of fused-ring (bicyclic) bond motifs is 1. The second-order valence-corrected chi connectivity index (χ2v) is 10.6. The number of allylic oxidation sites excluding steroid dienone is 1. The zero-order chi connectivity index (χ0) is 28.3. The number of rotatable bonds is 12. The summed E-state index contributed by atoms with van der Waals surface area (Å²) in [4.78, 5) is 2.25. The first-order valence-corrected chi connectivity index (χ1v) is 14.3. The van der Waals surface area contributed by atoms with Crippen molar-refractivity contribution in [1.82, 2.24) is 4.90 Å². The fourth-order valence-electron chi connectivity index (χ4n) is 5.17. The SMILES string of the molecule is CC1=C(c2cccc(O)c2)C(c2ccc(C#CCN(C)CCCCCCCCCF)cc2)Oc2ccc(O)cc21. The largest absolute Gasteiger partial charge is 0.508 e. The summed E-state index contributed by atoms with van der Waals surface area (Å²) in [6.45, 7) is 3.58. The van der Waals surface area contributed by atoms with E-state index in [2.05, 4.69) is 23.8 Å². The van der Waals surface area contributed by atoms with E-state index >= 15 is 0 Å². The predicted molar refractivity (Wildman–Crippen MR) is 161 cm³/mol. The first kappa shape index (κ1) is 29.2. The molecule has 1 aliphatic rings. The Balaban J connectivity index is 1.39. The molecule has 0 aromatic heterocycles. The third-order valence-corrected chi connectivity index (χ3v) is 7.40. The molecule has 0 saturated heterocycles. The third-order valence-electron chi connectivity index (χ3n) is 7.40. The van der Waals surface area contributed by atoms with Crippen LogP contribution < -0.4 is 4.74 Å². The van der Waals surface area contributed by atoms with Crippen molar-refractivity contribution in [2.45, 2.75) is 58.0 Å². The number of phenols is 2. The van der Waals surface area contributed by atoms with Crippen LogP contribution in [-0.4, -0.2) is 41.9 Å². The number of aromatic hydroxyl groups is 2. The standard InChI is InChI=1S/C35H40FNO3/c1-26-32-25-31(39)19-20-33(32)40-35(34(26)29-13-10-14-30(38)24-29)28-17-15-27(16-18-28)12-11-23-37(2)22-9-7-5-3-4-6-8-21-36/h10,13-20,24-25,35,38-39H,3-9,21-23H2,1-2H3. The monoisotopic (exact) mass is 541 g/mol. The number of ether oxygens (including phenoxy) is 1. The van der Waals surface area contributed by atoms with Gasteiger partial charge in [-0.15, -0.1) is 0 Å². The van der Waals surface area contributed by atoms with Crippen molar-refractivity contribution in [2.75, 3.05) is 26.8 Å². The number of nitrogens with zero attached hydrogens (tertiary/aromatic N) is 1. The molecule has 3 aromatic carbocycles. The topological polar surface area (TPSA) is 52.9 Å². The van der Waals surface area contributed by atoms with Crippen LogP contribution in [0.15, 0.2) is 66.7 Å². The molecule has 1 atom stereocenters. The van der Waals surface area contributed by atoms with Gasteiger partial charge in [0.25, 0.3) is 0 Å². The molecule has 5 heteroatoms. The van der Waals surface area contributed by atoms with E-state index < -0.39 is 0 Å². The van der Waals surface area contributed by atoms with E-state index in [9.17, 15) is 14.6 Å². The van der Waals surface area contributed by atoms with Crippen LogP contribution in [-0.2, 0) is 0 Å². The molecule has 0 fully saturated rings. The normalized spacial score (nSPS) is 14.4. The Bertz CT molecular complexity index is 1350. The number of phenolic OH excluding ortho intramolecular Hbond substituents is 2. The van der Waals surface area contributed by atoms with E-state index in [1.807, 2.05) is 43.3 Å². The van der Waals surface area contributed by atoms with Gasteiger partial charge in [-0.1, -0.05) is 68.2 Å². The van der Waals surface area contributed by atoms with Gasteiger partial charge in [0.05, 0.1) is 13.2 Å². The summed E-state index contributed by atoms with van der Waals surface area (Å²) in [7, 11) is 2.11. The summed E-state index contributed by atoms with van der Waals surface area (Å²) >= 11 is 0. The molecule has 1 heterocycles. The molecule has 0 radical (unpaired) electrons. The Morgan fingerprint density at radius 1 is 0.850 bits per heavy atom. The summed E-state index contributed by atoms with van der Waals surface area (Å²) in [5.74, 6) is 7.67. The highest BCUT2D eigenvalue weighted by Crippen LogP contribution is 2.47. The van der Waals surface area contributed by atoms with Crippen molar-refractivity contribution in [3.63, 3.8) is 0 Å². The number of hydrogen-bond acceptors (Lipinski definition) is 4. The van der Waals surface area contributed by atoms with Gasteiger partial charge in [0.2, 0.25) is 0 Å². The van der Waals surface area contributed by atoms with Gasteiger partial charge in [0, 0.05) is 16.7 Å². The van der Waals surface area contributed by atoms with Gasteiger partial charge in [-0.2, -0.15) is 0 Å². The Labute approximate surface area is 238 Å². The molecule has 0 bridgehead atoms. The molecular formula is C35H40FNO3. The number of halogens is 1. The number of alkyl halides is 1. The van der Waals surface area contributed by atoms with E-state index in [0.717, 1.165) is 65.8 Å². The second-order valence-electron chi connectivity index (χ2n) is 10.6. The molecule has 1 unspecified atom stereocenters. The average Bonchev–Trinajstić information content (AvgIpc) is 2.95. The minimum atomic E-state index is -0.365. The van der Waals surface area contributed by atoms with Crippen LogP contribution >= 0.6 is 0 Å². The average molecular weight is 542 g/mol. The minimum Gasteiger partial charge on any atom is -0.508 e. The summed E-state index contributed by atoms with van der Waals surface area (Å²) in [6, 6.07) is 20.5. The lowest BCUT2D eigenvalue weighted by Gasteiger charge is -2.31. The molecule has 2 N–H and O–H groups in total. The van der Waals surface area contributed by atoms with E-state index in [0.29, 0.717) is 12.2 Å². The van der Waals surface area contributed by atoms with Crippen LogP contribution in [0.5, 0.6) is 17.2 Å². The van der Waals surface area contributed by atoms with Crippen LogP contribution in [0.3, 0.4) is 0 Å². The van der Waals surface area contributed by atoms with Crippen molar-refractivity contribution >= 4 is 11.1 Å². The van der Waals surface area contributed by atoms with Gasteiger partial charge in [-0.3, -0.25) is 9.29 Å². The van der Waals surface area contributed by atoms with Crippen LogP contribution in [0.4, 0.5) is 4.39 Å². The van der Waals surface area contributed by atoms with Crippen LogP contribution in [0, 0.1) is 11.8 Å². The Morgan fingerprint density at radius 3 is 2.27 bits per heavy atom. The quantitative estimate of drug-likeness (QED) is 0.179. The van der Waals surface area contributed by atoms with Crippen molar-refractivity contribution < 1.29 is 19.3 Å². The van der Waals surface area contributed by atoms with E-state index in [1.165, 1.54) is 19.3 Å². The molecule has 0 amide bonds. The molecule has 0 aliphatic carbocycles. The highest BCUT2D eigenvalue weighted by Gasteiger charge is 2.29. The van der Waals surface area contributed by atoms with Crippen molar-refractivity contribution in [2.24, 2.45) is 0 Å². The van der Waals surface area contributed by atoms with Crippen molar-refractivity contribution in [1.29, 1.82) is 0 Å². The Hall–Kier alpha value is -3.75. The lowest BCUT2D eigenvalue weighted by molar-refractivity contribution is 0.259. The molecular weight excluding hydrogens is 501 g/mol. The van der Waals surface area contributed by atoms with Gasteiger partial charge in [-0.05, 0) is 92.5 Å². The maximum Gasteiger partial charge on any atom is 0.150 e. The first-order valence-electron chi connectivity index (χ1n) is 14.3. The van der Waals surface area contributed by atoms with Crippen LogP contribution in [0.2, 0.25) is 0 Å². The summed E-state index contributed by atoms with van der Waals surface area (Å²) in [5, 5.41) is 20.2. The fraction of sp³-hybridized carbons (Fsp3) is 0.371. The Morgan fingerprint density at radius 2 is 1.55 bits per heavy atom. The fourth-order valence-corrected chi connectivity index (χ4v) is 5.17. The van der Waals surface area contributed by atoms with E-state index in [-0.39, 0.29) is 24.3 Å². The Kier molecular flexibility index (Phi) is 10.7. The van der Waals surface area contributed by atoms with Crippen LogP contribution in [0.1, 0.15) is 80.2 Å². The summed E-state index contributed by atoms with van der Waals surface area (Å²) in [6.07, 6.45) is 7.28. The van der Waals surface area contributed by atoms with Crippen LogP contribution in [0.25, 0.3) is 11.1 Å².